The molecule has 27 heavy (non-hydrogen) atoms. The van der Waals surface area contributed by atoms with Gasteiger partial charge in [-0.1, -0.05) is 41.9 Å². The SMILES string of the molecule is Clc1ccc(N=c2scc(-c3ccccc3)n2CCN2CCOCC2)cc1. The van der Waals surface area contributed by atoms with Crippen LogP contribution in [0.15, 0.2) is 65.0 Å². The van der Waals surface area contributed by atoms with Gasteiger partial charge in [0.2, 0.25) is 0 Å². The molecule has 1 fully saturated rings. The first-order valence-electron chi connectivity index (χ1n) is 9.14. The van der Waals surface area contributed by atoms with Gasteiger partial charge < -0.3 is 9.30 Å². The Hall–Kier alpha value is -1.92. The molecule has 1 aliphatic heterocycles. The van der Waals surface area contributed by atoms with E-state index in [0.29, 0.717) is 0 Å². The minimum absolute atomic E-state index is 0.727. The molecule has 0 spiro atoms. The molecule has 4 nitrogen and oxygen atoms in total. The molecule has 1 saturated heterocycles. The number of hydrogen-bond donors (Lipinski definition) is 0. The summed E-state index contributed by atoms with van der Waals surface area (Å²) in [6.45, 7) is 5.53. The fourth-order valence-corrected chi connectivity index (χ4v) is 4.25. The van der Waals surface area contributed by atoms with Gasteiger partial charge >= 0.3 is 0 Å². The third-order valence-corrected chi connectivity index (χ3v) is 5.78. The molecule has 2 heterocycles. The maximum Gasteiger partial charge on any atom is 0.190 e. The largest absolute Gasteiger partial charge is 0.379 e. The highest BCUT2D eigenvalue weighted by Gasteiger charge is 2.13. The zero-order valence-corrected chi connectivity index (χ0v) is 16.6. The number of nitrogens with zero attached hydrogens (tertiary/aromatic N) is 3. The lowest BCUT2D eigenvalue weighted by atomic mass is 10.2. The minimum atomic E-state index is 0.727. The van der Waals surface area contributed by atoms with Crippen LogP contribution in [0.2, 0.25) is 5.02 Å². The number of rotatable bonds is 5. The van der Waals surface area contributed by atoms with Crippen LogP contribution in [0.25, 0.3) is 11.3 Å². The molecule has 0 bridgehead atoms. The van der Waals surface area contributed by atoms with Crippen LogP contribution in [0.5, 0.6) is 0 Å². The summed E-state index contributed by atoms with van der Waals surface area (Å²) < 4.78 is 7.79. The Kier molecular flexibility index (Phi) is 6.04. The Bertz CT molecular complexity index is 928. The highest BCUT2D eigenvalue weighted by Crippen LogP contribution is 2.21. The number of thiazole rings is 1. The molecule has 6 heteroatoms. The quantitative estimate of drug-likeness (QED) is 0.635. The number of morpholine rings is 1. The van der Waals surface area contributed by atoms with Gasteiger partial charge in [-0.25, -0.2) is 4.99 Å². The van der Waals surface area contributed by atoms with Gasteiger partial charge in [-0.05, 0) is 29.8 Å². The predicted octanol–water partition coefficient (Wildman–Crippen LogP) is 4.43. The first-order valence-corrected chi connectivity index (χ1v) is 10.4. The summed E-state index contributed by atoms with van der Waals surface area (Å²) in [5.74, 6) is 0. The second kappa shape index (κ2) is 8.85. The van der Waals surface area contributed by atoms with Crippen LogP contribution >= 0.6 is 22.9 Å². The van der Waals surface area contributed by atoms with Gasteiger partial charge in [0, 0.05) is 36.6 Å². The average molecular weight is 400 g/mol. The summed E-state index contributed by atoms with van der Waals surface area (Å²) >= 11 is 7.68. The van der Waals surface area contributed by atoms with Crippen LogP contribution in [0.3, 0.4) is 0 Å². The predicted molar refractivity (Wildman–Crippen MR) is 112 cm³/mol. The molecule has 0 atom stereocenters. The summed E-state index contributed by atoms with van der Waals surface area (Å²) in [4.78, 5) is 8.33. The molecule has 0 N–H and O–H groups in total. The molecule has 0 amide bonds. The molecular formula is C21H22ClN3OS. The lowest BCUT2D eigenvalue weighted by Crippen LogP contribution is -2.39. The average Bonchev–Trinajstić information content (AvgIpc) is 3.12. The topological polar surface area (TPSA) is 29.8 Å². The van der Waals surface area contributed by atoms with Crippen molar-refractivity contribution in [2.24, 2.45) is 4.99 Å². The maximum atomic E-state index is 6.01. The number of halogens is 1. The molecule has 0 unspecified atom stereocenters. The summed E-state index contributed by atoms with van der Waals surface area (Å²) in [6.07, 6.45) is 0. The standard InChI is InChI=1S/C21H22ClN3OS/c22-18-6-8-19(9-7-18)23-21-25(11-10-24-12-14-26-15-13-24)20(16-27-21)17-4-2-1-3-5-17/h1-9,16H,10-15H2. The van der Waals surface area contributed by atoms with Gasteiger partial charge in [-0.15, -0.1) is 11.3 Å². The van der Waals surface area contributed by atoms with E-state index in [1.165, 1.54) is 11.3 Å². The molecule has 0 saturated carbocycles. The zero-order chi connectivity index (χ0) is 18.5. The maximum absolute atomic E-state index is 6.01. The Labute approximate surface area is 168 Å². The molecule has 0 radical (unpaired) electrons. The van der Waals surface area contributed by atoms with Crippen LogP contribution in [0, 0.1) is 0 Å². The van der Waals surface area contributed by atoms with E-state index in [1.807, 2.05) is 30.3 Å². The van der Waals surface area contributed by atoms with Gasteiger partial charge in [0.05, 0.1) is 24.6 Å². The van der Waals surface area contributed by atoms with Crippen molar-refractivity contribution < 1.29 is 4.74 Å². The number of hydrogen-bond acceptors (Lipinski definition) is 4. The second-order valence-electron chi connectivity index (χ2n) is 6.46. The van der Waals surface area contributed by atoms with E-state index in [-0.39, 0.29) is 0 Å². The number of ether oxygens (including phenoxy) is 1. The number of benzene rings is 2. The summed E-state index contributed by atoms with van der Waals surface area (Å²) in [6, 6.07) is 18.2. The Morgan fingerprint density at radius 1 is 0.963 bits per heavy atom. The smallest absolute Gasteiger partial charge is 0.190 e. The minimum Gasteiger partial charge on any atom is -0.379 e. The van der Waals surface area contributed by atoms with E-state index in [9.17, 15) is 0 Å². The normalized spacial score (nSPS) is 16.0. The molecule has 0 aliphatic carbocycles. The highest BCUT2D eigenvalue weighted by atomic mass is 35.5. The molecule has 140 valence electrons. The van der Waals surface area contributed by atoms with E-state index in [0.717, 1.165) is 54.9 Å². The van der Waals surface area contributed by atoms with Crippen molar-refractivity contribution in [1.82, 2.24) is 9.47 Å². The van der Waals surface area contributed by atoms with E-state index >= 15 is 0 Å². The third-order valence-electron chi connectivity index (χ3n) is 4.66. The second-order valence-corrected chi connectivity index (χ2v) is 7.74. The van der Waals surface area contributed by atoms with Gasteiger partial charge in [-0.2, -0.15) is 0 Å². The van der Waals surface area contributed by atoms with Crippen molar-refractivity contribution in [2.75, 3.05) is 32.8 Å². The van der Waals surface area contributed by atoms with E-state index in [2.05, 4.69) is 39.1 Å². The molecule has 1 aromatic heterocycles. The van der Waals surface area contributed by atoms with Gasteiger partial charge in [0.25, 0.3) is 0 Å². The van der Waals surface area contributed by atoms with Crippen molar-refractivity contribution in [3.8, 4) is 11.3 Å². The molecule has 2 aromatic carbocycles. The number of aromatic nitrogens is 1. The van der Waals surface area contributed by atoms with E-state index in [4.69, 9.17) is 21.3 Å². The lowest BCUT2D eigenvalue weighted by Gasteiger charge is -2.26. The summed E-state index contributed by atoms with van der Waals surface area (Å²) in [7, 11) is 0. The van der Waals surface area contributed by atoms with Crippen molar-refractivity contribution in [3.05, 3.63) is 69.8 Å². The highest BCUT2D eigenvalue weighted by molar-refractivity contribution is 7.07. The van der Waals surface area contributed by atoms with Crippen LogP contribution in [-0.4, -0.2) is 42.3 Å². The van der Waals surface area contributed by atoms with Crippen molar-refractivity contribution in [2.45, 2.75) is 6.54 Å². The van der Waals surface area contributed by atoms with Crippen LogP contribution in [-0.2, 0) is 11.3 Å². The van der Waals surface area contributed by atoms with Crippen molar-refractivity contribution >= 4 is 28.6 Å². The van der Waals surface area contributed by atoms with Crippen molar-refractivity contribution in [1.29, 1.82) is 0 Å². The summed E-state index contributed by atoms with van der Waals surface area (Å²) in [5, 5.41) is 2.92. The third kappa shape index (κ3) is 4.68. The Morgan fingerprint density at radius 3 is 2.44 bits per heavy atom. The fourth-order valence-electron chi connectivity index (χ4n) is 3.17. The molecule has 1 aliphatic rings. The van der Waals surface area contributed by atoms with Gasteiger partial charge in [-0.3, -0.25) is 4.90 Å². The van der Waals surface area contributed by atoms with E-state index < -0.39 is 0 Å². The Balaban J connectivity index is 1.67. The van der Waals surface area contributed by atoms with Crippen LogP contribution < -0.4 is 4.80 Å². The van der Waals surface area contributed by atoms with Crippen LogP contribution in [0.4, 0.5) is 5.69 Å². The van der Waals surface area contributed by atoms with E-state index in [1.54, 1.807) is 11.3 Å². The molecule has 3 aromatic rings. The van der Waals surface area contributed by atoms with Gasteiger partial charge in [0.15, 0.2) is 4.80 Å². The first-order chi connectivity index (χ1) is 13.3. The monoisotopic (exact) mass is 399 g/mol. The zero-order valence-electron chi connectivity index (χ0n) is 15.1. The summed E-state index contributed by atoms with van der Waals surface area (Å²) in [5.41, 5.74) is 3.34. The molecule has 4 rings (SSSR count). The molecular weight excluding hydrogens is 378 g/mol. The van der Waals surface area contributed by atoms with Crippen LogP contribution in [0.1, 0.15) is 0 Å². The first kappa shape index (κ1) is 18.4. The van der Waals surface area contributed by atoms with Gasteiger partial charge in [0.1, 0.15) is 0 Å². The Morgan fingerprint density at radius 2 is 1.70 bits per heavy atom. The van der Waals surface area contributed by atoms with Crippen molar-refractivity contribution in [3.63, 3.8) is 0 Å². The lowest BCUT2D eigenvalue weighted by molar-refractivity contribution is 0.0363. The fraction of sp³-hybridized carbons (Fsp3) is 0.286.